The first-order chi connectivity index (χ1) is 11.8. The Hall–Kier alpha value is -2.70. The number of hydrogen-bond donors (Lipinski definition) is 3. The normalized spacial score (nSPS) is 26.3. The molecule has 3 N–H and O–H groups in total. The van der Waals surface area contributed by atoms with Crippen molar-refractivity contribution in [2.75, 3.05) is 0 Å². The Balaban J connectivity index is 1.58. The van der Waals surface area contributed by atoms with Crippen molar-refractivity contribution in [1.82, 2.24) is 15.2 Å². The van der Waals surface area contributed by atoms with Crippen LogP contribution in [0.15, 0.2) is 24.3 Å². The van der Waals surface area contributed by atoms with Gasteiger partial charge in [0.15, 0.2) is 0 Å². The van der Waals surface area contributed by atoms with E-state index in [4.69, 9.17) is 5.11 Å². The number of H-pyrrole nitrogens is 2. The molecule has 1 saturated carbocycles. The van der Waals surface area contributed by atoms with Gasteiger partial charge in [0.25, 0.3) is 5.92 Å². The highest BCUT2D eigenvalue weighted by Crippen LogP contribution is 2.70. The number of nitrogens with one attached hydrogen (secondary N) is 2. The van der Waals surface area contributed by atoms with Crippen LogP contribution in [0.3, 0.4) is 0 Å². The van der Waals surface area contributed by atoms with Crippen LogP contribution < -0.4 is 0 Å². The third-order valence-electron chi connectivity index (χ3n) is 5.91. The summed E-state index contributed by atoms with van der Waals surface area (Å²) in [6.07, 6.45) is 0.608. The van der Waals surface area contributed by atoms with E-state index in [2.05, 4.69) is 15.2 Å². The molecule has 2 aromatic heterocycles. The summed E-state index contributed by atoms with van der Waals surface area (Å²) < 4.78 is 28.1. The number of aromatic amines is 2. The number of fused-ring (bicyclic) bond motifs is 3. The molecule has 2 aliphatic carbocycles. The number of aromatic nitrogens is 3. The summed E-state index contributed by atoms with van der Waals surface area (Å²) in [6, 6.07) is 6.63. The maximum atomic E-state index is 14.1. The molecule has 0 saturated heterocycles. The van der Waals surface area contributed by atoms with Crippen LogP contribution in [0.25, 0.3) is 22.3 Å². The Morgan fingerprint density at radius 1 is 1.36 bits per heavy atom. The molecule has 1 aromatic carbocycles. The van der Waals surface area contributed by atoms with Crippen molar-refractivity contribution in [3.63, 3.8) is 0 Å². The molecule has 5 rings (SSSR count). The molecule has 1 fully saturated rings. The van der Waals surface area contributed by atoms with Gasteiger partial charge in [0.05, 0.1) is 11.3 Å². The number of rotatable bonds is 2. The first kappa shape index (κ1) is 14.6. The Labute approximate surface area is 141 Å². The van der Waals surface area contributed by atoms with Crippen molar-refractivity contribution in [2.45, 2.75) is 25.7 Å². The average Bonchev–Trinajstić information content (AvgIpc) is 2.98. The number of aromatic carboxylic acids is 1. The summed E-state index contributed by atoms with van der Waals surface area (Å²) in [5.74, 6) is -4.25. The summed E-state index contributed by atoms with van der Waals surface area (Å²) >= 11 is 0. The third kappa shape index (κ3) is 1.75. The molecule has 5 nitrogen and oxygen atoms in total. The van der Waals surface area contributed by atoms with Gasteiger partial charge in [0.1, 0.15) is 5.69 Å². The fourth-order valence-electron chi connectivity index (χ4n) is 4.22. The van der Waals surface area contributed by atoms with Crippen molar-refractivity contribution < 1.29 is 18.7 Å². The van der Waals surface area contributed by atoms with Crippen molar-refractivity contribution in [1.29, 1.82) is 0 Å². The van der Waals surface area contributed by atoms with E-state index in [-0.39, 0.29) is 5.56 Å². The largest absolute Gasteiger partial charge is 0.478 e. The molecular weight excluding hydrogens is 328 g/mol. The second-order valence-electron chi connectivity index (χ2n) is 7.29. The van der Waals surface area contributed by atoms with E-state index in [9.17, 15) is 13.6 Å². The number of benzene rings is 1. The molecule has 2 atom stereocenters. The first-order valence-corrected chi connectivity index (χ1v) is 8.11. The van der Waals surface area contributed by atoms with Crippen LogP contribution in [0.2, 0.25) is 0 Å². The molecule has 2 heterocycles. The van der Waals surface area contributed by atoms with Crippen LogP contribution in [-0.2, 0) is 12.8 Å². The number of halogens is 2. The van der Waals surface area contributed by atoms with Crippen LogP contribution in [0.5, 0.6) is 0 Å². The molecule has 0 unspecified atom stereocenters. The Morgan fingerprint density at radius 3 is 2.92 bits per heavy atom. The van der Waals surface area contributed by atoms with E-state index in [0.29, 0.717) is 24.2 Å². The lowest BCUT2D eigenvalue weighted by molar-refractivity contribution is 0.0630. The van der Waals surface area contributed by atoms with Crippen LogP contribution >= 0.6 is 0 Å². The number of hydrogen-bond acceptors (Lipinski definition) is 2. The fraction of sp³-hybridized carbons (Fsp3) is 0.333. The third-order valence-corrected chi connectivity index (χ3v) is 5.91. The zero-order chi connectivity index (χ0) is 17.6. The van der Waals surface area contributed by atoms with Crippen LogP contribution in [0, 0.1) is 11.3 Å². The minimum absolute atomic E-state index is 0.204. The van der Waals surface area contributed by atoms with Gasteiger partial charge in [-0.25, -0.2) is 13.6 Å². The molecule has 0 aliphatic heterocycles. The number of carboxylic acid groups (broad SMARTS) is 1. The highest BCUT2D eigenvalue weighted by molar-refractivity contribution is 5.95. The van der Waals surface area contributed by atoms with Crippen LogP contribution in [0.1, 0.15) is 28.5 Å². The highest BCUT2D eigenvalue weighted by Gasteiger charge is 2.78. The summed E-state index contributed by atoms with van der Waals surface area (Å²) in [6.45, 7) is 1.64. The van der Waals surface area contributed by atoms with E-state index < -0.39 is 23.2 Å². The quantitative estimate of drug-likeness (QED) is 0.665. The zero-order valence-corrected chi connectivity index (χ0v) is 13.4. The summed E-state index contributed by atoms with van der Waals surface area (Å²) in [4.78, 5) is 14.3. The minimum Gasteiger partial charge on any atom is -0.478 e. The van der Waals surface area contributed by atoms with E-state index >= 15 is 0 Å². The molecule has 0 spiro atoms. The molecule has 7 heteroatoms. The average molecular weight is 343 g/mol. The van der Waals surface area contributed by atoms with Crippen molar-refractivity contribution >= 4 is 16.9 Å². The number of nitrogens with zero attached hydrogens (tertiary/aromatic N) is 1. The standard InChI is InChI=1S/C18H15F2N3O2/c1-17-7-13-10(6-14(17)18(17,19)20)15(23-22-13)12-5-9-4-8(16(24)25)2-3-11(9)21-12/h2-5,14,21H,6-7H2,1H3,(H,22,23)(H,24,25)/t14-,17+/m0/s1. The van der Waals surface area contributed by atoms with E-state index in [1.807, 2.05) is 6.07 Å². The summed E-state index contributed by atoms with van der Waals surface area (Å²) in [5.41, 5.74) is 3.00. The van der Waals surface area contributed by atoms with E-state index in [0.717, 1.165) is 22.2 Å². The summed E-state index contributed by atoms with van der Waals surface area (Å²) in [7, 11) is 0. The van der Waals surface area contributed by atoms with Gasteiger partial charge in [-0.15, -0.1) is 0 Å². The highest BCUT2D eigenvalue weighted by atomic mass is 19.3. The molecule has 128 valence electrons. The zero-order valence-electron chi connectivity index (χ0n) is 13.4. The molecular formula is C18H15F2N3O2. The number of carboxylic acids is 1. The predicted molar refractivity (Wildman–Crippen MR) is 86.8 cm³/mol. The molecule has 25 heavy (non-hydrogen) atoms. The minimum atomic E-state index is -2.62. The van der Waals surface area contributed by atoms with Gasteiger partial charge in [0.2, 0.25) is 0 Å². The summed E-state index contributed by atoms with van der Waals surface area (Å²) in [5, 5.41) is 17.1. The van der Waals surface area contributed by atoms with Gasteiger partial charge in [-0.3, -0.25) is 5.10 Å². The van der Waals surface area contributed by atoms with Crippen LogP contribution in [0.4, 0.5) is 8.78 Å². The second kappa shape index (κ2) is 4.28. The smallest absolute Gasteiger partial charge is 0.335 e. The maximum absolute atomic E-state index is 14.1. The SMILES string of the molecule is C[C@@]12Cc3[nH]nc(-c4cc5cc(C(=O)O)ccc5[nH]4)c3C[C@@H]1C2(F)F. The number of carbonyl (C=O) groups is 1. The van der Waals surface area contributed by atoms with E-state index in [1.165, 1.54) is 6.07 Å². The van der Waals surface area contributed by atoms with Crippen LogP contribution in [-0.4, -0.2) is 32.2 Å². The molecule has 3 aromatic rings. The monoisotopic (exact) mass is 343 g/mol. The van der Waals surface area contributed by atoms with Gasteiger partial charge >= 0.3 is 5.97 Å². The van der Waals surface area contributed by atoms with Crippen molar-refractivity contribution in [2.24, 2.45) is 11.3 Å². The predicted octanol–water partition coefficient (Wildman–Crippen LogP) is 3.63. The lowest BCUT2D eigenvalue weighted by Gasteiger charge is -2.15. The van der Waals surface area contributed by atoms with Gasteiger partial charge in [0, 0.05) is 39.9 Å². The molecule has 2 aliphatic rings. The Bertz CT molecular complexity index is 1050. The number of alkyl halides is 2. The van der Waals surface area contributed by atoms with Gasteiger partial charge in [-0.2, -0.15) is 5.10 Å². The topological polar surface area (TPSA) is 81.8 Å². The van der Waals surface area contributed by atoms with Gasteiger partial charge in [-0.05, 0) is 30.7 Å². The Kier molecular flexibility index (Phi) is 2.50. The molecule has 0 bridgehead atoms. The first-order valence-electron chi connectivity index (χ1n) is 8.11. The van der Waals surface area contributed by atoms with Crippen molar-refractivity contribution in [3.8, 4) is 11.4 Å². The van der Waals surface area contributed by atoms with Gasteiger partial charge < -0.3 is 10.1 Å². The maximum Gasteiger partial charge on any atom is 0.335 e. The molecule has 0 radical (unpaired) electrons. The second-order valence-corrected chi connectivity index (χ2v) is 7.29. The lowest BCUT2D eigenvalue weighted by Crippen LogP contribution is -2.14. The van der Waals surface area contributed by atoms with Gasteiger partial charge in [-0.1, -0.05) is 6.92 Å². The Morgan fingerprint density at radius 2 is 2.16 bits per heavy atom. The van der Waals surface area contributed by atoms with E-state index in [1.54, 1.807) is 19.1 Å². The van der Waals surface area contributed by atoms with Crippen molar-refractivity contribution in [3.05, 3.63) is 41.1 Å². The molecule has 0 amide bonds. The fourth-order valence-corrected chi connectivity index (χ4v) is 4.22. The lowest BCUT2D eigenvalue weighted by atomic mass is 9.87.